The molecule has 0 saturated carbocycles. The van der Waals surface area contributed by atoms with Crippen LogP contribution in [-0.2, 0) is 4.79 Å². The number of aromatic hydroxyl groups is 2. The smallest absolute Gasteiger partial charge is 0.330 e. The van der Waals surface area contributed by atoms with Gasteiger partial charge in [0.1, 0.15) is 11.5 Å². The van der Waals surface area contributed by atoms with Crippen molar-refractivity contribution in [2.45, 2.75) is 33.2 Å². The van der Waals surface area contributed by atoms with E-state index in [0.717, 1.165) is 17.6 Å². The number of carboxylic acid groups (broad SMARTS) is 1. The molecule has 1 atom stereocenters. The van der Waals surface area contributed by atoms with Crippen LogP contribution in [0.4, 0.5) is 0 Å². The summed E-state index contributed by atoms with van der Waals surface area (Å²) in [5, 5.41) is 32.2. The molecule has 0 aromatic heterocycles. The Kier molecular flexibility index (Phi) is 7.41. The maximum atomic E-state index is 11.0. The zero-order valence-electron chi connectivity index (χ0n) is 16.4. The monoisotopic (exact) mass is 381 g/mol. The van der Waals surface area contributed by atoms with E-state index < -0.39 is 5.97 Å². The molecule has 0 radical (unpaired) electrons. The Labute approximate surface area is 165 Å². The van der Waals surface area contributed by atoms with Crippen LogP contribution in [0, 0.1) is 6.92 Å². The molecular weight excluding hydrogens is 354 g/mol. The Morgan fingerprint density at radius 2 is 1.82 bits per heavy atom. The summed E-state index contributed by atoms with van der Waals surface area (Å²) < 4.78 is 0. The topological polar surface area (TPSA) is 89.8 Å². The van der Waals surface area contributed by atoms with Gasteiger partial charge in [-0.25, -0.2) is 4.79 Å². The summed E-state index contributed by atoms with van der Waals surface area (Å²) in [6, 6.07) is 12.4. The number of benzene rings is 2. The summed E-state index contributed by atoms with van der Waals surface area (Å²) >= 11 is 0. The molecule has 0 amide bonds. The van der Waals surface area contributed by atoms with E-state index in [9.17, 15) is 15.0 Å². The molecule has 0 saturated heterocycles. The lowest BCUT2D eigenvalue weighted by Crippen LogP contribution is -2.21. The van der Waals surface area contributed by atoms with Crippen LogP contribution >= 0.6 is 0 Å². The number of allylic oxidation sites excluding steroid dienone is 1. The van der Waals surface area contributed by atoms with Crippen LogP contribution in [0.1, 0.15) is 43.0 Å². The van der Waals surface area contributed by atoms with E-state index in [0.29, 0.717) is 12.1 Å². The fraction of sp³-hybridized carbons (Fsp3) is 0.261. The number of phenols is 2. The van der Waals surface area contributed by atoms with Crippen LogP contribution in [0.2, 0.25) is 0 Å². The van der Waals surface area contributed by atoms with Gasteiger partial charge in [0.05, 0.1) is 6.04 Å². The molecule has 2 aromatic carbocycles. The van der Waals surface area contributed by atoms with Gasteiger partial charge in [-0.3, -0.25) is 0 Å². The highest BCUT2D eigenvalue weighted by Crippen LogP contribution is 2.31. The summed E-state index contributed by atoms with van der Waals surface area (Å²) in [4.78, 5) is 11.0. The van der Waals surface area contributed by atoms with Gasteiger partial charge in [-0.15, -0.1) is 0 Å². The summed E-state index contributed by atoms with van der Waals surface area (Å²) in [5.74, 6) is -0.998. The van der Waals surface area contributed by atoms with E-state index in [4.69, 9.17) is 5.11 Å². The van der Waals surface area contributed by atoms with Crippen molar-refractivity contribution in [1.82, 2.24) is 5.32 Å². The van der Waals surface area contributed by atoms with E-state index in [-0.39, 0.29) is 23.1 Å². The largest absolute Gasteiger partial charge is 0.508 e. The summed E-state index contributed by atoms with van der Waals surface area (Å²) in [6.45, 7) is 5.96. The van der Waals surface area contributed by atoms with Gasteiger partial charge in [0.15, 0.2) is 0 Å². The molecule has 0 aliphatic carbocycles. The van der Waals surface area contributed by atoms with Crippen molar-refractivity contribution >= 4 is 11.5 Å². The molecule has 5 heteroatoms. The fourth-order valence-electron chi connectivity index (χ4n) is 2.87. The first kappa shape index (κ1) is 21.3. The van der Waals surface area contributed by atoms with Crippen LogP contribution in [0.3, 0.4) is 0 Å². The second kappa shape index (κ2) is 9.76. The molecule has 4 N–H and O–H groups in total. The molecule has 0 fully saturated rings. The highest BCUT2D eigenvalue weighted by Gasteiger charge is 2.15. The Balaban J connectivity index is 2.39. The third-order valence-electron chi connectivity index (χ3n) is 4.60. The first-order chi connectivity index (χ1) is 13.3. The predicted octanol–water partition coefficient (Wildman–Crippen LogP) is 4.56. The van der Waals surface area contributed by atoms with Gasteiger partial charge in [-0.05, 0) is 43.5 Å². The molecule has 28 heavy (non-hydrogen) atoms. The average Bonchev–Trinajstić information content (AvgIpc) is 2.65. The van der Waals surface area contributed by atoms with Crippen molar-refractivity contribution in [3.63, 3.8) is 0 Å². The zero-order chi connectivity index (χ0) is 20.7. The number of phenolic OH excluding ortho intramolecular Hbond substituents is 2. The summed E-state index contributed by atoms with van der Waals surface area (Å²) in [6.07, 6.45) is 4.42. The number of hydrogen-bond donors (Lipinski definition) is 4. The second-order valence-corrected chi connectivity index (χ2v) is 6.73. The molecule has 0 aliphatic heterocycles. The van der Waals surface area contributed by atoms with Crippen molar-refractivity contribution in [3.8, 4) is 11.5 Å². The molecule has 0 heterocycles. The number of carbonyl (C=O) groups is 1. The fourth-order valence-corrected chi connectivity index (χ4v) is 2.87. The Morgan fingerprint density at radius 3 is 2.39 bits per heavy atom. The number of carboxylic acids is 1. The minimum Gasteiger partial charge on any atom is -0.508 e. The van der Waals surface area contributed by atoms with Crippen molar-refractivity contribution < 1.29 is 20.1 Å². The van der Waals surface area contributed by atoms with Gasteiger partial charge >= 0.3 is 5.97 Å². The lowest BCUT2D eigenvalue weighted by molar-refractivity contribution is -0.132. The quantitative estimate of drug-likeness (QED) is 0.503. The number of aliphatic carboxylic acids is 1. The van der Waals surface area contributed by atoms with Crippen molar-refractivity contribution in [3.05, 3.63) is 76.9 Å². The zero-order valence-corrected chi connectivity index (χ0v) is 16.4. The molecule has 148 valence electrons. The predicted molar refractivity (Wildman–Crippen MR) is 111 cm³/mol. The number of rotatable bonds is 8. The van der Waals surface area contributed by atoms with Crippen LogP contribution in [0.25, 0.3) is 5.57 Å². The SMILES string of the molecule is CC/C(=C\C(NC/C=C(\C)C(=O)O)c1ccc(O)cc1O)c1ccc(C)cc1. The molecule has 0 aliphatic rings. The average molecular weight is 381 g/mol. The Bertz CT molecular complexity index is 882. The Hall–Kier alpha value is -3.05. The third kappa shape index (κ3) is 5.72. The van der Waals surface area contributed by atoms with E-state index in [2.05, 4.69) is 36.5 Å². The van der Waals surface area contributed by atoms with Gasteiger partial charge in [0, 0.05) is 23.7 Å². The minimum atomic E-state index is -0.963. The van der Waals surface area contributed by atoms with Gasteiger partial charge < -0.3 is 20.6 Å². The minimum absolute atomic E-state index is 0.0140. The molecule has 0 spiro atoms. The van der Waals surface area contributed by atoms with E-state index >= 15 is 0 Å². The molecular formula is C23H27NO4. The molecule has 1 unspecified atom stereocenters. The lowest BCUT2D eigenvalue weighted by Gasteiger charge is -2.19. The number of aryl methyl sites for hydroxylation is 1. The first-order valence-corrected chi connectivity index (χ1v) is 9.24. The van der Waals surface area contributed by atoms with Crippen molar-refractivity contribution in [1.29, 1.82) is 0 Å². The van der Waals surface area contributed by atoms with E-state index in [1.807, 2.05) is 13.0 Å². The van der Waals surface area contributed by atoms with Gasteiger partial charge in [-0.2, -0.15) is 0 Å². The lowest BCUT2D eigenvalue weighted by atomic mass is 9.96. The van der Waals surface area contributed by atoms with Gasteiger partial charge in [-0.1, -0.05) is 48.9 Å². The second-order valence-electron chi connectivity index (χ2n) is 6.73. The van der Waals surface area contributed by atoms with E-state index in [1.165, 1.54) is 24.6 Å². The van der Waals surface area contributed by atoms with Crippen molar-refractivity contribution in [2.75, 3.05) is 6.54 Å². The van der Waals surface area contributed by atoms with Crippen LogP contribution < -0.4 is 5.32 Å². The third-order valence-corrected chi connectivity index (χ3v) is 4.60. The van der Waals surface area contributed by atoms with Crippen LogP contribution in [-0.4, -0.2) is 27.8 Å². The van der Waals surface area contributed by atoms with Crippen molar-refractivity contribution in [2.24, 2.45) is 0 Å². The maximum Gasteiger partial charge on any atom is 0.330 e. The number of hydrogen-bond acceptors (Lipinski definition) is 4. The molecule has 2 aromatic rings. The highest BCUT2D eigenvalue weighted by atomic mass is 16.4. The van der Waals surface area contributed by atoms with Gasteiger partial charge in [0.2, 0.25) is 0 Å². The molecule has 0 bridgehead atoms. The first-order valence-electron chi connectivity index (χ1n) is 9.24. The summed E-state index contributed by atoms with van der Waals surface area (Å²) in [7, 11) is 0. The molecule has 5 nitrogen and oxygen atoms in total. The summed E-state index contributed by atoms with van der Waals surface area (Å²) in [5.41, 5.74) is 4.23. The van der Waals surface area contributed by atoms with Crippen LogP contribution in [0.15, 0.2) is 60.2 Å². The standard InChI is InChI=1S/C23H27NO4/c1-4-17(18-7-5-15(2)6-8-18)13-21(24-12-11-16(3)23(27)28)20-10-9-19(25)14-22(20)26/h5-11,13-14,21,24-26H,4,12H2,1-3H3,(H,27,28)/b16-11+,17-13+. The van der Waals surface area contributed by atoms with Crippen LogP contribution in [0.5, 0.6) is 11.5 Å². The number of nitrogens with one attached hydrogen (secondary N) is 1. The van der Waals surface area contributed by atoms with E-state index in [1.54, 1.807) is 12.1 Å². The van der Waals surface area contributed by atoms with Gasteiger partial charge in [0.25, 0.3) is 0 Å². The maximum absolute atomic E-state index is 11.0. The highest BCUT2D eigenvalue weighted by molar-refractivity contribution is 5.85. The normalized spacial score (nSPS) is 13.4. The Morgan fingerprint density at radius 1 is 1.14 bits per heavy atom. The molecule has 2 rings (SSSR count).